The molecule has 2 rings (SSSR count). The van der Waals surface area contributed by atoms with Gasteiger partial charge in [0.2, 0.25) is 0 Å². The molecular weight excluding hydrogens is 289 g/mol. The Hall–Kier alpha value is -1.74. The van der Waals surface area contributed by atoms with Crippen molar-refractivity contribution in [3.8, 4) is 5.75 Å². The van der Waals surface area contributed by atoms with Crippen molar-refractivity contribution >= 4 is 17.3 Å². The van der Waals surface area contributed by atoms with E-state index in [1.54, 1.807) is 19.1 Å². The van der Waals surface area contributed by atoms with E-state index in [0.29, 0.717) is 29.5 Å². The minimum absolute atomic E-state index is 0.185. The third-order valence-corrected chi connectivity index (χ3v) is 3.42. The highest BCUT2D eigenvalue weighted by molar-refractivity contribution is 6.32. The van der Waals surface area contributed by atoms with Gasteiger partial charge in [-0.15, -0.1) is 0 Å². The largest absolute Gasteiger partial charge is 0.492 e. The molecule has 2 aromatic rings. The van der Waals surface area contributed by atoms with Crippen LogP contribution < -0.4 is 10.1 Å². The van der Waals surface area contributed by atoms with Gasteiger partial charge in [0.25, 0.3) is 0 Å². The zero-order chi connectivity index (χ0) is 15.2. The molecule has 0 atom stereocenters. The lowest BCUT2D eigenvalue weighted by Gasteiger charge is -2.11. The maximum absolute atomic E-state index is 13.5. The van der Waals surface area contributed by atoms with Crippen LogP contribution in [-0.2, 0) is 6.54 Å². The first-order chi connectivity index (χ1) is 10.1. The molecule has 21 heavy (non-hydrogen) atoms. The average Bonchev–Trinajstić information content (AvgIpc) is 2.47. The van der Waals surface area contributed by atoms with E-state index in [-0.39, 0.29) is 5.82 Å². The van der Waals surface area contributed by atoms with Gasteiger partial charge in [0.1, 0.15) is 11.6 Å². The predicted molar refractivity (Wildman–Crippen MR) is 85.7 cm³/mol. The maximum Gasteiger partial charge on any atom is 0.138 e. The van der Waals surface area contributed by atoms with Crippen LogP contribution in [0.25, 0.3) is 0 Å². The summed E-state index contributed by atoms with van der Waals surface area (Å²) in [6.45, 7) is 4.99. The average molecular weight is 308 g/mol. The maximum atomic E-state index is 13.5. The molecule has 0 saturated carbocycles. The van der Waals surface area contributed by atoms with Crippen LogP contribution in [0.5, 0.6) is 5.75 Å². The third kappa shape index (κ3) is 4.36. The number of ether oxygens (including phenoxy) is 1. The molecule has 1 N–H and O–H groups in total. The Morgan fingerprint density at radius 1 is 1.19 bits per heavy atom. The van der Waals surface area contributed by atoms with Crippen LogP contribution in [0.15, 0.2) is 36.4 Å². The molecule has 0 bridgehead atoms. The molecule has 0 spiro atoms. The van der Waals surface area contributed by atoms with Crippen LogP contribution in [0.4, 0.5) is 10.1 Å². The Labute approximate surface area is 129 Å². The quantitative estimate of drug-likeness (QED) is 0.793. The standard InChI is InChI=1S/C17H19ClFNO/c1-3-8-21-17-7-6-14(10-15(17)18)20-11-13-5-4-12(2)16(19)9-13/h4-7,9-10,20H,3,8,11H2,1-2H3. The second-order valence-electron chi connectivity index (χ2n) is 4.93. The van der Waals surface area contributed by atoms with Crippen molar-refractivity contribution in [2.24, 2.45) is 0 Å². The van der Waals surface area contributed by atoms with Crippen molar-refractivity contribution in [2.75, 3.05) is 11.9 Å². The van der Waals surface area contributed by atoms with E-state index in [0.717, 1.165) is 17.7 Å². The SMILES string of the molecule is CCCOc1ccc(NCc2ccc(C)c(F)c2)cc1Cl. The Morgan fingerprint density at radius 2 is 2.00 bits per heavy atom. The number of hydrogen-bond donors (Lipinski definition) is 1. The van der Waals surface area contributed by atoms with Gasteiger partial charge in [0, 0.05) is 12.2 Å². The number of rotatable bonds is 6. The van der Waals surface area contributed by atoms with Gasteiger partial charge in [-0.2, -0.15) is 0 Å². The molecule has 0 aliphatic heterocycles. The summed E-state index contributed by atoms with van der Waals surface area (Å²) in [7, 11) is 0. The first-order valence-corrected chi connectivity index (χ1v) is 7.39. The number of aryl methyl sites for hydroxylation is 1. The molecule has 0 unspecified atom stereocenters. The van der Waals surface area contributed by atoms with Crippen LogP contribution in [0.3, 0.4) is 0 Å². The number of nitrogens with one attached hydrogen (secondary N) is 1. The van der Waals surface area contributed by atoms with Crippen molar-refractivity contribution in [1.29, 1.82) is 0 Å². The predicted octanol–water partition coefficient (Wildman–Crippen LogP) is 5.19. The van der Waals surface area contributed by atoms with E-state index < -0.39 is 0 Å². The highest BCUT2D eigenvalue weighted by atomic mass is 35.5. The number of anilines is 1. The summed E-state index contributed by atoms with van der Waals surface area (Å²) >= 11 is 6.17. The molecular formula is C17H19ClFNO. The molecule has 0 aliphatic rings. The van der Waals surface area contributed by atoms with Crippen LogP contribution in [0.1, 0.15) is 24.5 Å². The third-order valence-electron chi connectivity index (χ3n) is 3.13. The van der Waals surface area contributed by atoms with Gasteiger partial charge in [0.05, 0.1) is 11.6 Å². The van der Waals surface area contributed by atoms with Gasteiger partial charge in [-0.25, -0.2) is 4.39 Å². The van der Waals surface area contributed by atoms with Gasteiger partial charge in [0.15, 0.2) is 0 Å². The summed E-state index contributed by atoms with van der Waals surface area (Å²) in [6.07, 6.45) is 0.940. The molecule has 0 saturated heterocycles. The van der Waals surface area contributed by atoms with Gasteiger partial charge in [-0.3, -0.25) is 0 Å². The fourth-order valence-electron chi connectivity index (χ4n) is 1.89. The van der Waals surface area contributed by atoms with Gasteiger partial charge < -0.3 is 10.1 Å². The molecule has 0 fully saturated rings. The van der Waals surface area contributed by atoms with Crippen molar-refractivity contribution < 1.29 is 9.13 Å². The molecule has 4 heteroatoms. The van der Waals surface area contributed by atoms with Gasteiger partial charge >= 0.3 is 0 Å². The van der Waals surface area contributed by atoms with Crippen molar-refractivity contribution in [3.63, 3.8) is 0 Å². The lowest BCUT2D eigenvalue weighted by molar-refractivity contribution is 0.317. The highest BCUT2D eigenvalue weighted by Crippen LogP contribution is 2.28. The molecule has 0 heterocycles. The van der Waals surface area contributed by atoms with E-state index >= 15 is 0 Å². The Morgan fingerprint density at radius 3 is 2.67 bits per heavy atom. The molecule has 0 amide bonds. The first kappa shape index (κ1) is 15.6. The molecule has 0 aromatic heterocycles. The lowest BCUT2D eigenvalue weighted by Crippen LogP contribution is -2.01. The van der Waals surface area contributed by atoms with Crippen molar-refractivity contribution in [1.82, 2.24) is 0 Å². The fraction of sp³-hybridized carbons (Fsp3) is 0.294. The smallest absolute Gasteiger partial charge is 0.138 e. The van der Waals surface area contributed by atoms with Gasteiger partial charge in [-0.05, 0) is 48.7 Å². The molecule has 112 valence electrons. The summed E-state index contributed by atoms with van der Waals surface area (Å²) in [5.41, 5.74) is 2.42. The summed E-state index contributed by atoms with van der Waals surface area (Å²) in [6, 6.07) is 10.8. The van der Waals surface area contributed by atoms with Crippen molar-refractivity contribution in [3.05, 3.63) is 58.4 Å². The van der Waals surface area contributed by atoms with E-state index in [4.69, 9.17) is 16.3 Å². The van der Waals surface area contributed by atoms with Crippen LogP contribution in [-0.4, -0.2) is 6.61 Å². The second kappa shape index (κ2) is 7.32. The monoisotopic (exact) mass is 307 g/mol. The Bertz CT molecular complexity index is 616. The van der Waals surface area contributed by atoms with Crippen LogP contribution >= 0.6 is 11.6 Å². The van der Waals surface area contributed by atoms with E-state index in [1.807, 2.05) is 31.2 Å². The van der Waals surface area contributed by atoms with Crippen molar-refractivity contribution in [2.45, 2.75) is 26.8 Å². The van der Waals surface area contributed by atoms with E-state index in [1.165, 1.54) is 0 Å². The Kier molecular flexibility index (Phi) is 5.45. The number of halogens is 2. The Balaban J connectivity index is 1.99. The zero-order valence-corrected chi connectivity index (χ0v) is 13.0. The summed E-state index contributed by atoms with van der Waals surface area (Å²) in [4.78, 5) is 0. The molecule has 2 aromatic carbocycles. The number of hydrogen-bond acceptors (Lipinski definition) is 2. The number of benzene rings is 2. The van der Waals surface area contributed by atoms with Gasteiger partial charge in [-0.1, -0.05) is 30.7 Å². The zero-order valence-electron chi connectivity index (χ0n) is 12.2. The molecule has 2 nitrogen and oxygen atoms in total. The summed E-state index contributed by atoms with van der Waals surface area (Å²) in [5.74, 6) is 0.501. The fourth-order valence-corrected chi connectivity index (χ4v) is 2.13. The molecule has 0 radical (unpaired) electrons. The highest BCUT2D eigenvalue weighted by Gasteiger charge is 2.04. The minimum Gasteiger partial charge on any atom is -0.492 e. The molecule has 0 aliphatic carbocycles. The van der Waals surface area contributed by atoms with E-state index in [9.17, 15) is 4.39 Å². The lowest BCUT2D eigenvalue weighted by atomic mass is 10.1. The van der Waals surface area contributed by atoms with E-state index in [2.05, 4.69) is 5.32 Å². The second-order valence-corrected chi connectivity index (χ2v) is 5.34. The summed E-state index contributed by atoms with van der Waals surface area (Å²) in [5, 5.41) is 3.80. The normalized spacial score (nSPS) is 10.5. The van der Waals surface area contributed by atoms with Crippen LogP contribution in [0.2, 0.25) is 5.02 Å². The minimum atomic E-state index is -0.185. The summed E-state index contributed by atoms with van der Waals surface area (Å²) < 4.78 is 19.0. The topological polar surface area (TPSA) is 21.3 Å². The van der Waals surface area contributed by atoms with Crippen LogP contribution in [0, 0.1) is 12.7 Å². The first-order valence-electron chi connectivity index (χ1n) is 7.01.